The van der Waals surface area contributed by atoms with Gasteiger partial charge in [0.05, 0.1) is 17.0 Å². The molecule has 5 nitrogen and oxygen atoms in total. The average molecular weight is 363 g/mol. The molecule has 1 amide bonds. The van der Waals surface area contributed by atoms with Crippen LogP contribution in [-0.4, -0.2) is 31.1 Å². The molecular weight excluding hydrogens is 342 g/mol. The van der Waals surface area contributed by atoms with Gasteiger partial charge < -0.3 is 14.1 Å². The Morgan fingerprint density at radius 2 is 1.89 bits per heavy atom. The van der Waals surface area contributed by atoms with Crippen molar-refractivity contribution in [1.29, 1.82) is 0 Å². The Morgan fingerprint density at radius 3 is 2.63 bits per heavy atom. The number of methoxy groups -OCH3 is 1. The van der Waals surface area contributed by atoms with Gasteiger partial charge in [-0.25, -0.2) is 0 Å². The van der Waals surface area contributed by atoms with Crippen LogP contribution in [0.25, 0.3) is 11.0 Å². The molecule has 1 atom stereocenters. The highest BCUT2D eigenvalue weighted by Gasteiger charge is 2.42. The fraction of sp³-hybridized carbons (Fsp3) is 0.273. The van der Waals surface area contributed by atoms with E-state index < -0.39 is 6.04 Å². The Bertz CT molecular complexity index is 1060. The van der Waals surface area contributed by atoms with Gasteiger partial charge in [0.1, 0.15) is 5.58 Å². The van der Waals surface area contributed by atoms with E-state index in [4.69, 9.17) is 9.15 Å². The van der Waals surface area contributed by atoms with E-state index in [1.54, 1.807) is 18.1 Å². The number of hydrogen-bond acceptors (Lipinski definition) is 4. The van der Waals surface area contributed by atoms with Gasteiger partial charge in [0.25, 0.3) is 5.91 Å². The van der Waals surface area contributed by atoms with Crippen molar-refractivity contribution in [1.82, 2.24) is 4.90 Å². The van der Waals surface area contributed by atoms with E-state index in [-0.39, 0.29) is 17.1 Å². The molecular formula is C22H21NO4. The molecule has 2 aromatic carbocycles. The van der Waals surface area contributed by atoms with Crippen LogP contribution in [0.1, 0.15) is 39.7 Å². The Morgan fingerprint density at radius 1 is 1.11 bits per heavy atom. The summed E-state index contributed by atoms with van der Waals surface area (Å²) in [5, 5.41) is 0.515. The van der Waals surface area contributed by atoms with Crippen LogP contribution in [0.5, 0.6) is 0 Å². The molecule has 1 aliphatic heterocycles. The van der Waals surface area contributed by atoms with Crippen LogP contribution in [0.2, 0.25) is 0 Å². The van der Waals surface area contributed by atoms with Gasteiger partial charge in [-0.2, -0.15) is 0 Å². The summed E-state index contributed by atoms with van der Waals surface area (Å²) in [5.74, 6) is -0.0860. The third-order valence-corrected chi connectivity index (χ3v) is 4.98. The molecule has 0 radical (unpaired) electrons. The molecule has 1 unspecified atom stereocenters. The molecule has 0 aliphatic carbocycles. The third-order valence-electron chi connectivity index (χ3n) is 4.98. The zero-order valence-corrected chi connectivity index (χ0v) is 15.4. The first kappa shape index (κ1) is 17.5. The molecule has 4 rings (SSSR count). The average Bonchev–Trinajstić information content (AvgIpc) is 2.96. The zero-order valence-electron chi connectivity index (χ0n) is 15.4. The van der Waals surface area contributed by atoms with Crippen LogP contribution < -0.4 is 5.43 Å². The van der Waals surface area contributed by atoms with E-state index in [0.717, 1.165) is 11.1 Å². The van der Waals surface area contributed by atoms with Gasteiger partial charge in [0.15, 0.2) is 5.43 Å². The maximum Gasteiger partial charge on any atom is 0.290 e. The van der Waals surface area contributed by atoms with Gasteiger partial charge in [-0.3, -0.25) is 9.59 Å². The highest BCUT2D eigenvalue weighted by atomic mass is 16.5. The number of ether oxygens (including phenoxy) is 1. The van der Waals surface area contributed by atoms with Gasteiger partial charge >= 0.3 is 0 Å². The van der Waals surface area contributed by atoms with Crippen LogP contribution in [0, 0.1) is 6.92 Å². The summed E-state index contributed by atoms with van der Waals surface area (Å²) >= 11 is 0. The van der Waals surface area contributed by atoms with Crippen molar-refractivity contribution in [3.05, 3.63) is 81.2 Å². The lowest BCUT2D eigenvalue weighted by Crippen LogP contribution is -2.31. The van der Waals surface area contributed by atoms with Crippen molar-refractivity contribution < 1.29 is 13.9 Å². The molecule has 3 aromatic rings. The number of fused-ring (bicyclic) bond motifs is 2. The molecule has 0 saturated carbocycles. The quantitative estimate of drug-likeness (QED) is 0.649. The number of hydrogen-bond donors (Lipinski definition) is 0. The second-order valence-electron chi connectivity index (χ2n) is 6.83. The minimum Gasteiger partial charge on any atom is -0.450 e. The molecule has 0 fully saturated rings. The lowest BCUT2D eigenvalue weighted by atomic mass is 9.98. The van der Waals surface area contributed by atoms with E-state index >= 15 is 0 Å². The molecule has 27 heavy (non-hydrogen) atoms. The lowest BCUT2D eigenvalue weighted by Gasteiger charge is -2.25. The SMILES string of the molecule is COCCCN1C(=O)c2oc3ccc(C)cc3c(=O)c2C1c1ccccc1. The summed E-state index contributed by atoms with van der Waals surface area (Å²) in [6.45, 7) is 2.97. The van der Waals surface area contributed by atoms with Crippen molar-refractivity contribution in [2.24, 2.45) is 0 Å². The minimum atomic E-state index is -0.438. The summed E-state index contributed by atoms with van der Waals surface area (Å²) in [5.41, 5.74) is 2.63. The fourth-order valence-corrected chi connectivity index (χ4v) is 3.73. The molecule has 5 heteroatoms. The van der Waals surface area contributed by atoms with Crippen molar-refractivity contribution in [2.45, 2.75) is 19.4 Å². The molecule has 0 spiro atoms. The lowest BCUT2D eigenvalue weighted by molar-refractivity contribution is 0.0708. The Hall–Kier alpha value is -2.92. The normalized spacial score (nSPS) is 16.1. The summed E-state index contributed by atoms with van der Waals surface area (Å²) in [4.78, 5) is 28.1. The summed E-state index contributed by atoms with van der Waals surface area (Å²) < 4.78 is 11.0. The zero-order chi connectivity index (χ0) is 19.0. The van der Waals surface area contributed by atoms with Gasteiger partial charge in [-0.1, -0.05) is 42.0 Å². The summed E-state index contributed by atoms with van der Waals surface area (Å²) in [7, 11) is 1.63. The van der Waals surface area contributed by atoms with Gasteiger partial charge in [-0.15, -0.1) is 0 Å². The molecule has 0 bridgehead atoms. The predicted octanol–water partition coefficient (Wildman–Crippen LogP) is 3.68. The topological polar surface area (TPSA) is 59.8 Å². The second-order valence-corrected chi connectivity index (χ2v) is 6.83. The number of benzene rings is 2. The molecule has 1 aliphatic rings. The van der Waals surface area contributed by atoms with E-state index in [0.29, 0.717) is 36.1 Å². The van der Waals surface area contributed by atoms with Crippen LogP contribution in [0.4, 0.5) is 0 Å². The highest BCUT2D eigenvalue weighted by molar-refractivity contribution is 5.99. The molecule has 0 saturated heterocycles. The molecule has 138 valence electrons. The van der Waals surface area contributed by atoms with Gasteiger partial charge in [-0.05, 0) is 31.0 Å². The first-order valence-corrected chi connectivity index (χ1v) is 9.04. The van der Waals surface area contributed by atoms with Gasteiger partial charge in [0, 0.05) is 20.3 Å². The highest BCUT2D eigenvalue weighted by Crippen LogP contribution is 2.38. The van der Waals surface area contributed by atoms with Crippen molar-refractivity contribution in [3.63, 3.8) is 0 Å². The largest absolute Gasteiger partial charge is 0.450 e. The van der Waals surface area contributed by atoms with Crippen LogP contribution in [0.3, 0.4) is 0 Å². The second kappa shape index (κ2) is 7.00. The number of nitrogens with zero attached hydrogens (tertiary/aromatic N) is 1. The van der Waals surface area contributed by atoms with Crippen molar-refractivity contribution in [3.8, 4) is 0 Å². The number of aryl methyl sites for hydroxylation is 1. The van der Waals surface area contributed by atoms with Crippen LogP contribution in [0.15, 0.2) is 57.7 Å². The van der Waals surface area contributed by atoms with Crippen molar-refractivity contribution in [2.75, 3.05) is 20.3 Å². The number of amides is 1. The van der Waals surface area contributed by atoms with Crippen LogP contribution >= 0.6 is 0 Å². The van der Waals surface area contributed by atoms with E-state index in [9.17, 15) is 9.59 Å². The smallest absolute Gasteiger partial charge is 0.290 e. The Labute approximate surface area is 157 Å². The van der Waals surface area contributed by atoms with Gasteiger partial charge in [0.2, 0.25) is 5.76 Å². The molecule has 2 heterocycles. The third kappa shape index (κ3) is 2.94. The Balaban J connectivity index is 1.92. The number of carbonyl (C=O) groups is 1. The van der Waals surface area contributed by atoms with E-state index in [1.165, 1.54) is 0 Å². The van der Waals surface area contributed by atoms with E-state index in [2.05, 4.69) is 0 Å². The monoisotopic (exact) mass is 363 g/mol. The molecule has 1 aromatic heterocycles. The summed E-state index contributed by atoms with van der Waals surface area (Å²) in [6, 6.07) is 14.6. The first-order chi connectivity index (χ1) is 13.1. The predicted molar refractivity (Wildman–Crippen MR) is 103 cm³/mol. The van der Waals surface area contributed by atoms with E-state index in [1.807, 2.05) is 49.4 Å². The van der Waals surface area contributed by atoms with Crippen LogP contribution in [-0.2, 0) is 4.74 Å². The molecule has 0 N–H and O–H groups in total. The van der Waals surface area contributed by atoms with Crippen molar-refractivity contribution >= 4 is 16.9 Å². The standard InChI is InChI=1S/C22H21NO4/c1-14-9-10-17-16(13-14)20(24)18-19(15-7-4-3-5-8-15)23(11-6-12-26-2)22(25)21(18)27-17/h3-5,7-10,13,19H,6,11-12H2,1-2H3. The number of carbonyl (C=O) groups excluding carboxylic acids is 1. The maximum absolute atomic E-state index is 13.3. The Kier molecular flexibility index (Phi) is 4.54. The fourth-order valence-electron chi connectivity index (χ4n) is 3.73. The summed E-state index contributed by atoms with van der Waals surface area (Å²) in [6.07, 6.45) is 0.687. The minimum absolute atomic E-state index is 0.133. The maximum atomic E-state index is 13.3. The first-order valence-electron chi connectivity index (χ1n) is 9.04. The number of rotatable bonds is 5.